The van der Waals surface area contributed by atoms with Gasteiger partial charge < -0.3 is 5.32 Å². The largest absolute Gasteiger partial charge is 0.329 e. The zero-order chi connectivity index (χ0) is 15.5. The number of amides is 2. The summed E-state index contributed by atoms with van der Waals surface area (Å²) in [6, 6.07) is 10.7. The Morgan fingerprint density at radius 1 is 1.27 bits per heavy atom. The normalized spacial score (nSPS) is 10.4. The van der Waals surface area contributed by atoms with E-state index in [9.17, 15) is 9.59 Å². The number of rotatable bonds is 4. The molecule has 0 unspecified atom stereocenters. The first kappa shape index (κ1) is 13.8. The van der Waals surface area contributed by atoms with E-state index >= 15 is 0 Å². The first-order chi connectivity index (χ1) is 10.7. The van der Waals surface area contributed by atoms with Gasteiger partial charge in [0.05, 0.1) is 11.9 Å². The number of fused-ring (bicyclic) bond motifs is 1. The molecule has 2 amide bonds. The highest BCUT2D eigenvalue weighted by Crippen LogP contribution is 2.24. The maximum absolute atomic E-state index is 11.5. The first-order valence-electron chi connectivity index (χ1n) is 6.51. The molecule has 1 aromatic carbocycles. The molecule has 4 N–H and O–H groups in total. The Morgan fingerprint density at radius 3 is 2.91 bits per heavy atom. The van der Waals surface area contributed by atoms with Crippen LogP contribution in [-0.2, 0) is 4.79 Å². The van der Waals surface area contributed by atoms with Crippen LogP contribution in [0.25, 0.3) is 16.9 Å². The molecule has 0 aliphatic heterocycles. The molecule has 0 saturated carbocycles. The molecule has 7 heteroatoms. The second kappa shape index (κ2) is 5.66. The summed E-state index contributed by atoms with van der Waals surface area (Å²) in [5.74, 6) is 4.76. The third kappa shape index (κ3) is 2.40. The number of nitrogens with one attached hydrogen (secondary N) is 2. The van der Waals surface area contributed by atoms with E-state index in [0.717, 1.165) is 11.3 Å². The molecule has 0 saturated heterocycles. The van der Waals surface area contributed by atoms with Gasteiger partial charge in [-0.3, -0.25) is 19.4 Å². The van der Waals surface area contributed by atoms with E-state index in [2.05, 4.69) is 15.7 Å². The van der Waals surface area contributed by atoms with Crippen molar-refractivity contribution in [3.05, 3.63) is 54.4 Å². The number of anilines is 1. The second-order valence-corrected chi connectivity index (χ2v) is 4.60. The lowest BCUT2D eigenvalue weighted by atomic mass is 10.1. The number of aromatic nitrogens is 2. The van der Waals surface area contributed by atoms with Gasteiger partial charge in [-0.15, -0.1) is 0 Å². The summed E-state index contributed by atoms with van der Waals surface area (Å²) in [5, 5.41) is 2.61. The number of imidazole rings is 1. The predicted octanol–water partition coefficient (Wildman–Crippen LogP) is 1.17. The Bertz CT molecular complexity index is 856. The van der Waals surface area contributed by atoms with E-state index in [-0.39, 0.29) is 5.91 Å². The molecule has 0 fully saturated rings. The average Bonchev–Trinajstić information content (AvgIpc) is 2.97. The van der Waals surface area contributed by atoms with Gasteiger partial charge >= 0.3 is 0 Å². The van der Waals surface area contributed by atoms with Crippen molar-refractivity contribution in [2.45, 2.75) is 0 Å². The SMILES string of the molecule is NNC(=O)c1ccn2c(-c3cccc(NC=O)c3)cnc2c1. The number of carbonyl (C=O) groups is 2. The van der Waals surface area contributed by atoms with Gasteiger partial charge in [-0.05, 0) is 24.3 Å². The smallest absolute Gasteiger partial charge is 0.265 e. The molecule has 0 aliphatic rings. The first-order valence-corrected chi connectivity index (χ1v) is 6.51. The Balaban J connectivity index is 2.06. The molecule has 2 aromatic heterocycles. The Morgan fingerprint density at radius 2 is 2.14 bits per heavy atom. The molecule has 0 spiro atoms. The molecule has 0 radical (unpaired) electrons. The Kier molecular flexibility index (Phi) is 3.55. The maximum Gasteiger partial charge on any atom is 0.265 e. The zero-order valence-corrected chi connectivity index (χ0v) is 11.5. The lowest BCUT2D eigenvalue weighted by Crippen LogP contribution is -2.29. The van der Waals surface area contributed by atoms with Gasteiger partial charge in [-0.2, -0.15) is 0 Å². The van der Waals surface area contributed by atoms with Crippen molar-refractivity contribution in [3.8, 4) is 11.3 Å². The van der Waals surface area contributed by atoms with Crippen LogP contribution in [-0.4, -0.2) is 21.7 Å². The molecule has 3 aromatic rings. The molecular weight excluding hydrogens is 282 g/mol. The minimum absolute atomic E-state index is 0.371. The van der Waals surface area contributed by atoms with Crippen LogP contribution in [0.3, 0.4) is 0 Å². The number of pyridine rings is 1. The zero-order valence-electron chi connectivity index (χ0n) is 11.5. The van der Waals surface area contributed by atoms with Gasteiger partial charge in [0.2, 0.25) is 6.41 Å². The van der Waals surface area contributed by atoms with Crippen LogP contribution in [0.1, 0.15) is 10.4 Å². The van der Waals surface area contributed by atoms with Crippen molar-refractivity contribution < 1.29 is 9.59 Å². The monoisotopic (exact) mass is 295 g/mol. The Labute approximate surface area is 125 Å². The number of nitrogens with two attached hydrogens (primary N) is 1. The van der Waals surface area contributed by atoms with E-state index in [0.29, 0.717) is 23.3 Å². The third-order valence-electron chi connectivity index (χ3n) is 3.29. The van der Waals surface area contributed by atoms with Gasteiger partial charge in [0.1, 0.15) is 5.65 Å². The number of benzene rings is 1. The third-order valence-corrected chi connectivity index (χ3v) is 3.29. The van der Waals surface area contributed by atoms with Gasteiger partial charge in [-0.1, -0.05) is 12.1 Å². The molecular formula is C15H13N5O2. The van der Waals surface area contributed by atoms with Crippen LogP contribution in [0, 0.1) is 0 Å². The van der Waals surface area contributed by atoms with Gasteiger partial charge in [-0.25, -0.2) is 10.8 Å². The van der Waals surface area contributed by atoms with Crippen LogP contribution in [0.5, 0.6) is 0 Å². The molecule has 0 atom stereocenters. The van der Waals surface area contributed by atoms with Crippen molar-refractivity contribution in [3.63, 3.8) is 0 Å². The summed E-state index contributed by atoms with van der Waals surface area (Å²) in [6.45, 7) is 0. The topological polar surface area (TPSA) is 102 Å². The van der Waals surface area contributed by atoms with Crippen LogP contribution in [0.4, 0.5) is 5.69 Å². The van der Waals surface area contributed by atoms with Crippen LogP contribution < -0.4 is 16.6 Å². The fraction of sp³-hybridized carbons (Fsp3) is 0. The summed E-state index contributed by atoms with van der Waals surface area (Å²) in [4.78, 5) is 26.4. The van der Waals surface area contributed by atoms with Gasteiger partial charge in [0.15, 0.2) is 0 Å². The van der Waals surface area contributed by atoms with Crippen molar-refractivity contribution in [2.24, 2.45) is 5.84 Å². The number of nitrogen functional groups attached to an aromatic ring is 1. The summed E-state index contributed by atoms with van der Waals surface area (Å²) < 4.78 is 1.85. The molecule has 110 valence electrons. The second-order valence-electron chi connectivity index (χ2n) is 4.60. The highest BCUT2D eigenvalue weighted by Gasteiger charge is 2.09. The molecule has 7 nitrogen and oxygen atoms in total. The minimum Gasteiger partial charge on any atom is -0.329 e. The standard InChI is InChI=1S/C15H13N5O2/c16-19-15(22)11-4-5-20-13(8-17-14(20)7-11)10-2-1-3-12(6-10)18-9-21/h1-9H,16H2,(H,18,21)(H,19,22). The summed E-state index contributed by atoms with van der Waals surface area (Å²) in [6.07, 6.45) is 4.09. The molecule has 2 heterocycles. The highest BCUT2D eigenvalue weighted by atomic mass is 16.2. The number of hydrogen-bond acceptors (Lipinski definition) is 4. The predicted molar refractivity (Wildman–Crippen MR) is 82.0 cm³/mol. The Hall–Kier alpha value is -3.19. The molecule has 3 rings (SSSR count). The fourth-order valence-corrected chi connectivity index (χ4v) is 2.26. The van der Waals surface area contributed by atoms with E-state index in [1.165, 1.54) is 0 Å². The summed E-state index contributed by atoms with van der Waals surface area (Å²) in [5.41, 5.74) is 5.60. The quantitative estimate of drug-likeness (QED) is 0.291. The lowest BCUT2D eigenvalue weighted by Gasteiger charge is -2.05. The number of carbonyl (C=O) groups excluding carboxylic acids is 2. The molecule has 0 bridgehead atoms. The van der Waals surface area contributed by atoms with Crippen molar-refractivity contribution >= 4 is 23.7 Å². The van der Waals surface area contributed by atoms with Crippen LogP contribution in [0.15, 0.2) is 48.8 Å². The summed E-state index contributed by atoms with van der Waals surface area (Å²) in [7, 11) is 0. The molecule has 0 aliphatic carbocycles. The van der Waals surface area contributed by atoms with Gasteiger partial charge in [0, 0.05) is 23.0 Å². The summed E-state index contributed by atoms with van der Waals surface area (Å²) >= 11 is 0. The van der Waals surface area contributed by atoms with Gasteiger partial charge in [0.25, 0.3) is 5.91 Å². The van der Waals surface area contributed by atoms with Crippen molar-refractivity contribution in [1.29, 1.82) is 0 Å². The van der Waals surface area contributed by atoms with Crippen molar-refractivity contribution in [1.82, 2.24) is 14.8 Å². The molecule has 22 heavy (non-hydrogen) atoms. The van der Waals surface area contributed by atoms with E-state index in [1.807, 2.05) is 22.6 Å². The van der Waals surface area contributed by atoms with Crippen molar-refractivity contribution in [2.75, 3.05) is 5.32 Å². The van der Waals surface area contributed by atoms with E-state index in [4.69, 9.17) is 5.84 Å². The van der Waals surface area contributed by atoms with E-state index in [1.54, 1.807) is 30.6 Å². The fourth-order valence-electron chi connectivity index (χ4n) is 2.26. The lowest BCUT2D eigenvalue weighted by molar-refractivity contribution is -0.105. The van der Waals surface area contributed by atoms with E-state index < -0.39 is 0 Å². The number of hydrazine groups is 1. The maximum atomic E-state index is 11.5. The minimum atomic E-state index is -0.371. The number of nitrogens with zero attached hydrogens (tertiary/aromatic N) is 2. The van der Waals surface area contributed by atoms with Crippen LogP contribution in [0.2, 0.25) is 0 Å². The average molecular weight is 295 g/mol. The highest BCUT2D eigenvalue weighted by molar-refractivity contribution is 5.94. The van der Waals surface area contributed by atoms with Crippen LogP contribution >= 0.6 is 0 Å². The number of hydrogen-bond donors (Lipinski definition) is 3.